The highest BCUT2D eigenvalue weighted by Gasteiger charge is 2.50. The van der Waals surface area contributed by atoms with Crippen LogP contribution in [-0.4, -0.2) is 30.8 Å². The summed E-state index contributed by atoms with van der Waals surface area (Å²) in [4.78, 5) is 0. The summed E-state index contributed by atoms with van der Waals surface area (Å²) < 4.78 is 4.33. The normalized spacial score (nSPS) is 19.0. The van der Waals surface area contributed by atoms with Gasteiger partial charge in [-0.25, -0.2) is 4.68 Å². The third-order valence-corrected chi connectivity index (χ3v) is 7.36. The number of allylic oxidation sites excluding steroid dienone is 1. The molecule has 0 saturated carbocycles. The second-order valence-electron chi connectivity index (χ2n) is 9.96. The highest BCUT2D eigenvalue weighted by molar-refractivity contribution is 5.83. The smallest absolute Gasteiger partial charge is 0.136 e. The number of aryl methyl sites for hydroxylation is 1. The van der Waals surface area contributed by atoms with E-state index in [2.05, 4.69) is 83.3 Å². The van der Waals surface area contributed by atoms with Gasteiger partial charge in [0.15, 0.2) is 0 Å². The minimum absolute atomic E-state index is 0.485. The van der Waals surface area contributed by atoms with Crippen molar-refractivity contribution in [3.8, 4) is 0 Å². The molecule has 0 radical (unpaired) electrons. The number of para-hydroxylation sites is 2. The van der Waals surface area contributed by atoms with Crippen LogP contribution in [-0.2, 0) is 12.1 Å². The molecule has 5 nitrogen and oxygen atoms in total. The maximum absolute atomic E-state index is 12.5. The van der Waals surface area contributed by atoms with E-state index in [9.17, 15) is 5.11 Å². The molecule has 0 fully saturated rings. The summed E-state index contributed by atoms with van der Waals surface area (Å²) >= 11 is 0. The third-order valence-electron chi connectivity index (χ3n) is 7.36. The van der Waals surface area contributed by atoms with Crippen molar-refractivity contribution >= 4 is 27.5 Å². The quantitative estimate of drug-likeness (QED) is 0.335. The van der Waals surface area contributed by atoms with Gasteiger partial charge in [-0.2, -0.15) is 0 Å². The number of fused-ring (bicyclic) bond motifs is 4. The van der Waals surface area contributed by atoms with E-state index in [1.54, 1.807) is 0 Å². The minimum Gasteiger partial charge on any atom is -0.385 e. The Hall–Kier alpha value is -3.70. The lowest BCUT2D eigenvalue weighted by molar-refractivity contribution is 0.100. The largest absolute Gasteiger partial charge is 0.385 e. The van der Waals surface area contributed by atoms with E-state index in [1.807, 2.05) is 41.1 Å². The molecule has 35 heavy (non-hydrogen) atoms. The maximum atomic E-state index is 12.5. The number of aromatic nitrogens is 4. The minimum atomic E-state index is -0.806. The number of aliphatic hydroxyl groups excluding tert-OH is 1. The lowest BCUT2D eigenvalue weighted by Gasteiger charge is -2.36. The van der Waals surface area contributed by atoms with Gasteiger partial charge in [-0.1, -0.05) is 85.8 Å². The Balaban J connectivity index is 1.63. The Morgan fingerprint density at radius 2 is 1.69 bits per heavy atom. The second-order valence-corrected chi connectivity index (χ2v) is 9.96. The molecule has 1 aliphatic heterocycles. The van der Waals surface area contributed by atoms with Crippen LogP contribution in [0, 0.1) is 5.92 Å². The monoisotopic (exact) mass is 462 g/mol. The molecule has 0 spiro atoms. The van der Waals surface area contributed by atoms with Crippen LogP contribution < -0.4 is 0 Å². The molecule has 0 amide bonds. The number of nitrogens with zero attached hydrogens (tertiary/aromatic N) is 4. The molecule has 2 unspecified atom stereocenters. The van der Waals surface area contributed by atoms with Crippen LogP contribution in [0.15, 0.2) is 91.0 Å². The van der Waals surface area contributed by atoms with Crippen LogP contribution in [0.5, 0.6) is 0 Å². The van der Waals surface area contributed by atoms with E-state index in [4.69, 9.17) is 0 Å². The highest BCUT2D eigenvalue weighted by Crippen LogP contribution is 2.47. The number of benzene rings is 3. The van der Waals surface area contributed by atoms with Crippen molar-refractivity contribution in [2.75, 3.05) is 0 Å². The zero-order valence-corrected chi connectivity index (χ0v) is 20.2. The van der Waals surface area contributed by atoms with Crippen LogP contribution in [0.4, 0.5) is 0 Å². The van der Waals surface area contributed by atoms with Crippen LogP contribution in [0.2, 0.25) is 0 Å². The topological polar surface area (TPSA) is 55.9 Å². The van der Waals surface area contributed by atoms with Gasteiger partial charge in [-0.15, -0.1) is 5.10 Å². The molecule has 0 saturated heterocycles. The van der Waals surface area contributed by atoms with E-state index < -0.39 is 11.6 Å². The molecule has 5 heteroatoms. The molecular weight excluding hydrogens is 432 g/mol. The fraction of sp³-hybridized carbons (Fsp3) is 0.267. The Kier molecular flexibility index (Phi) is 5.30. The zero-order valence-electron chi connectivity index (χ0n) is 20.2. The summed E-state index contributed by atoms with van der Waals surface area (Å²) in [6, 6.07) is 29.0. The predicted molar refractivity (Wildman–Crippen MR) is 141 cm³/mol. The fourth-order valence-corrected chi connectivity index (χ4v) is 5.63. The molecule has 3 heterocycles. The SMILES string of the molecule is CC(C)C/C=C(\c1ccccc1)C(O)C1(n2nnc3ccccc32)CCn2c1cc1ccccc12. The summed E-state index contributed by atoms with van der Waals surface area (Å²) in [5.74, 6) is 0.485. The van der Waals surface area contributed by atoms with Gasteiger partial charge in [0, 0.05) is 17.8 Å². The van der Waals surface area contributed by atoms with Gasteiger partial charge in [0.1, 0.15) is 17.2 Å². The van der Waals surface area contributed by atoms with E-state index >= 15 is 0 Å². The van der Waals surface area contributed by atoms with E-state index in [0.717, 1.165) is 47.3 Å². The number of rotatable bonds is 6. The van der Waals surface area contributed by atoms with Gasteiger partial charge in [0.05, 0.1) is 5.52 Å². The maximum Gasteiger partial charge on any atom is 0.136 e. The molecule has 1 aliphatic rings. The first kappa shape index (κ1) is 21.8. The Bertz CT molecular complexity index is 1530. The molecule has 1 N–H and O–H groups in total. The summed E-state index contributed by atoms with van der Waals surface area (Å²) in [7, 11) is 0. The van der Waals surface area contributed by atoms with Crippen molar-refractivity contribution in [1.29, 1.82) is 0 Å². The van der Waals surface area contributed by atoms with Crippen LogP contribution in [0.25, 0.3) is 27.5 Å². The summed E-state index contributed by atoms with van der Waals surface area (Å²) in [6.07, 6.45) is 3.03. The molecule has 2 atom stereocenters. The van der Waals surface area contributed by atoms with Crippen LogP contribution in [0.3, 0.4) is 0 Å². The van der Waals surface area contributed by atoms with E-state index in [1.165, 1.54) is 10.9 Å². The Labute approximate surface area is 205 Å². The number of hydrogen-bond acceptors (Lipinski definition) is 3. The van der Waals surface area contributed by atoms with Crippen molar-refractivity contribution in [3.63, 3.8) is 0 Å². The predicted octanol–water partition coefficient (Wildman–Crippen LogP) is 6.02. The number of hydrogen-bond donors (Lipinski definition) is 1. The van der Waals surface area contributed by atoms with E-state index in [0.29, 0.717) is 5.92 Å². The molecule has 3 aromatic carbocycles. The van der Waals surface area contributed by atoms with E-state index in [-0.39, 0.29) is 0 Å². The first-order valence-electron chi connectivity index (χ1n) is 12.4. The van der Waals surface area contributed by atoms with Crippen molar-refractivity contribution in [3.05, 3.63) is 102 Å². The van der Waals surface area contributed by atoms with Gasteiger partial charge in [0.25, 0.3) is 0 Å². The Morgan fingerprint density at radius 1 is 0.971 bits per heavy atom. The molecule has 5 aromatic rings. The zero-order chi connectivity index (χ0) is 24.0. The molecule has 176 valence electrons. The molecule has 2 aromatic heterocycles. The first-order valence-corrected chi connectivity index (χ1v) is 12.4. The number of aliphatic hydroxyl groups is 1. The van der Waals surface area contributed by atoms with Crippen LogP contribution >= 0.6 is 0 Å². The highest BCUT2D eigenvalue weighted by atomic mass is 16.3. The fourth-order valence-electron chi connectivity index (χ4n) is 5.63. The Morgan fingerprint density at radius 3 is 2.49 bits per heavy atom. The lowest BCUT2D eigenvalue weighted by atomic mass is 9.80. The lowest BCUT2D eigenvalue weighted by Crippen LogP contribution is -2.46. The second kappa shape index (κ2) is 8.51. The van der Waals surface area contributed by atoms with Crippen molar-refractivity contribution in [2.24, 2.45) is 5.92 Å². The third kappa shape index (κ3) is 3.41. The van der Waals surface area contributed by atoms with Gasteiger partial charge in [0.2, 0.25) is 0 Å². The molecule has 6 rings (SSSR count). The van der Waals surface area contributed by atoms with Crippen LogP contribution in [0.1, 0.15) is 37.9 Å². The molecule has 0 bridgehead atoms. The first-order chi connectivity index (χ1) is 17.1. The molecular formula is C30H30N4O. The van der Waals surface area contributed by atoms with Gasteiger partial charge in [-0.05, 0) is 59.5 Å². The summed E-state index contributed by atoms with van der Waals surface area (Å²) in [5, 5.41) is 22.8. The van der Waals surface area contributed by atoms with Crippen molar-refractivity contribution < 1.29 is 5.11 Å². The summed E-state index contributed by atoms with van der Waals surface area (Å²) in [5.41, 5.74) is 5.23. The van der Waals surface area contributed by atoms with Gasteiger partial charge in [-0.3, -0.25) is 0 Å². The average molecular weight is 463 g/mol. The summed E-state index contributed by atoms with van der Waals surface area (Å²) in [6.45, 7) is 5.22. The van der Waals surface area contributed by atoms with Gasteiger partial charge < -0.3 is 9.67 Å². The van der Waals surface area contributed by atoms with Crippen molar-refractivity contribution in [1.82, 2.24) is 19.6 Å². The standard InChI is InChI=1S/C30H30N4O/c1-21(2)16-17-24(22-10-4-3-5-11-22)29(35)30(34-27-15-9-7-13-25(27)31-32-34)18-19-33-26-14-8-6-12-23(26)20-28(30)33/h3-15,17,20-21,29,35H,16,18-19H2,1-2H3/b24-17+. The van der Waals surface area contributed by atoms with Crippen molar-refractivity contribution in [2.45, 2.75) is 44.9 Å². The van der Waals surface area contributed by atoms with Gasteiger partial charge >= 0.3 is 0 Å². The molecule has 0 aliphatic carbocycles. The average Bonchev–Trinajstić information content (AvgIpc) is 3.57.